The Bertz CT molecular complexity index is 937. The number of methoxy groups -OCH3 is 1. The highest BCUT2D eigenvalue weighted by Gasteiger charge is 2.45. The molecule has 3 saturated heterocycles. The molecule has 0 radical (unpaired) electrons. The minimum absolute atomic E-state index is 0.127. The molecule has 2 bridgehead atoms. The summed E-state index contributed by atoms with van der Waals surface area (Å²) in [5.74, 6) is 1.26. The van der Waals surface area contributed by atoms with Crippen LogP contribution in [0.4, 0.5) is 0 Å². The first-order chi connectivity index (χ1) is 14.2. The smallest absolute Gasteiger partial charge is 0.256 e. The van der Waals surface area contributed by atoms with Crippen LogP contribution in [0.15, 0.2) is 30.5 Å². The molecule has 3 fully saturated rings. The van der Waals surface area contributed by atoms with Crippen molar-refractivity contribution in [2.45, 2.75) is 38.3 Å². The van der Waals surface area contributed by atoms with Gasteiger partial charge in [-0.25, -0.2) is 0 Å². The number of ether oxygens (including phenoxy) is 1. The minimum Gasteiger partial charge on any atom is -0.383 e. The van der Waals surface area contributed by atoms with E-state index in [1.54, 1.807) is 7.11 Å². The third kappa shape index (κ3) is 3.23. The standard InChI is InChI=1S/C23H29N3O3/c1-29-10-9-24-15-19(18-5-2-3-6-21(18)24)23(28)25-12-16-11-17(14-25)20-7-4-8-22(27)26(20)13-16/h2-3,5-6,15-17,20H,4,7-14H2,1H3/t16-,17+,20?/m1/s1. The van der Waals surface area contributed by atoms with E-state index in [1.807, 2.05) is 24.4 Å². The van der Waals surface area contributed by atoms with Crippen LogP contribution in [-0.2, 0) is 16.1 Å². The van der Waals surface area contributed by atoms with Crippen molar-refractivity contribution in [2.24, 2.45) is 11.8 Å². The van der Waals surface area contributed by atoms with Gasteiger partial charge in [-0.15, -0.1) is 0 Å². The van der Waals surface area contributed by atoms with Gasteiger partial charge in [-0.05, 0) is 37.2 Å². The molecule has 3 aliphatic rings. The maximum absolute atomic E-state index is 13.6. The molecule has 1 aromatic heterocycles. The monoisotopic (exact) mass is 395 g/mol. The molecule has 2 aromatic rings. The number of carbonyl (C=O) groups is 2. The zero-order valence-corrected chi connectivity index (χ0v) is 17.0. The highest BCUT2D eigenvalue weighted by atomic mass is 16.5. The number of para-hydroxylation sites is 1. The molecule has 6 heteroatoms. The summed E-state index contributed by atoms with van der Waals surface area (Å²) >= 11 is 0. The van der Waals surface area contributed by atoms with E-state index in [1.165, 1.54) is 0 Å². The van der Waals surface area contributed by atoms with Gasteiger partial charge in [0.05, 0.1) is 12.2 Å². The van der Waals surface area contributed by atoms with Gasteiger partial charge in [0.1, 0.15) is 0 Å². The lowest BCUT2D eigenvalue weighted by atomic mass is 9.76. The highest BCUT2D eigenvalue weighted by Crippen LogP contribution is 2.38. The fourth-order valence-electron chi connectivity index (χ4n) is 5.74. The lowest BCUT2D eigenvalue weighted by Crippen LogP contribution is -2.61. The third-order valence-corrected chi connectivity index (χ3v) is 7.02. The molecule has 0 aliphatic carbocycles. The maximum atomic E-state index is 13.6. The summed E-state index contributed by atoms with van der Waals surface area (Å²) < 4.78 is 7.37. The molecule has 29 heavy (non-hydrogen) atoms. The van der Waals surface area contributed by atoms with Crippen LogP contribution in [0.5, 0.6) is 0 Å². The molecule has 2 amide bonds. The molecular weight excluding hydrogens is 366 g/mol. The Hall–Kier alpha value is -2.34. The van der Waals surface area contributed by atoms with E-state index in [0.29, 0.717) is 36.8 Å². The first kappa shape index (κ1) is 18.7. The van der Waals surface area contributed by atoms with Crippen molar-refractivity contribution in [1.82, 2.24) is 14.4 Å². The predicted octanol–water partition coefficient (Wildman–Crippen LogP) is 2.76. The zero-order chi connectivity index (χ0) is 20.0. The van der Waals surface area contributed by atoms with E-state index in [4.69, 9.17) is 4.74 Å². The summed E-state index contributed by atoms with van der Waals surface area (Å²) in [5, 5.41) is 1.01. The quantitative estimate of drug-likeness (QED) is 0.800. The number of amides is 2. The molecule has 5 rings (SSSR count). The number of hydrogen-bond donors (Lipinski definition) is 0. The summed E-state index contributed by atoms with van der Waals surface area (Å²) in [6.45, 7) is 3.69. The Morgan fingerprint density at radius 2 is 2.07 bits per heavy atom. The van der Waals surface area contributed by atoms with Gasteiger partial charge < -0.3 is 19.1 Å². The van der Waals surface area contributed by atoms with Gasteiger partial charge >= 0.3 is 0 Å². The van der Waals surface area contributed by atoms with Crippen LogP contribution in [0.2, 0.25) is 0 Å². The van der Waals surface area contributed by atoms with Gasteiger partial charge in [0, 0.05) is 62.9 Å². The summed E-state index contributed by atoms with van der Waals surface area (Å²) in [4.78, 5) is 30.1. The van der Waals surface area contributed by atoms with Crippen molar-refractivity contribution in [3.8, 4) is 0 Å². The van der Waals surface area contributed by atoms with Gasteiger partial charge in [-0.3, -0.25) is 9.59 Å². The second-order valence-electron chi connectivity index (χ2n) is 8.82. The van der Waals surface area contributed by atoms with Crippen molar-refractivity contribution in [1.29, 1.82) is 0 Å². The average molecular weight is 396 g/mol. The average Bonchev–Trinajstić information content (AvgIpc) is 3.11. The van der Waals surface area contributed by atoms with E-state index in [-0.39, 0.29) is 5.91 Å². The second kappa shape index (κ2) is 7.48. The van der Waals surface area contributed by atoms with Crippen molar-refractivity contribution >= 4 is 22.7 Å². The summed E-state index contributed by atoms with van der Waals surface area (Å²) in [7, 11) is 1.70. The Morgan fingerprint density at radius 1 is 1.21 bits per heavy atom. The number of hydrogen-bond acceptors (Lipinski definition) is 3. The van der Waals surface area contributed by atoms with Gasteiger partial charge in [-0.1, -0.05) is 18.2 Å². The molecule has 0 saturated carbocycles. The zero-order valence-electron chi connectivity index (χ0n) is 17.0. The van der Waals surface area contributed by atoms with E-state index in [9.17, 15) is 9.59 Å². The predicted molar refractivity (Wildman–Crippen MR) is 111 cm³/mol. The normalized spacial score (nSPS) is 26.7. The first-order valence-electron chi connectivity index (χ1n) is 10.8. The number of carbonyl (C=O) groups excluding carboxylic acids is 2. The molecule has 4 heterocycles. The van der Waals surface area contributed by atoms with E-state index in [2.05, 4.69) is 20.4 Å². The van der Waals surface area contributed by atoms with Gasteiger partial charge in [-0.2, -0.15) is 0 Å². The second-order valence-corrected chi connectivity index (χ2v) is 8.82. The minimum atomic E-state index is 0.127. The largest absolute Gasteiger partial charge is 0.383 e. The van der Waals surface area contributed by atoms with E-state index >= 15 is 0 Å². The number of fused-ring (bicyclic) bond motifs is 5. The molecule has 0 N–H and O–H groups in total. The number of aromatic nitrogens is 1. The summed E-state index contributed by atoms with van der Waals surface area (Å²) in [5.41, 5.74) is 1.86. The molecule has 3 aliphatic heterocycles. The lowest BCUT2D eigenvalue weighted by molar-refractivity contribution is -0.144. The molecule has 1 unspecified atom stereocenters. The fraction of sp³-hybridized carbons (Fsp3) is 0.565. The van der Waals surface area contributed by atoms with Gasteiger partial charge in [0.2, 0.25) is 5.91 Å². The van der Waals surface area contributed by atoms with Crippen LogP contribution in [0.1, 0.15) is 36.0 Å². The molecule has 0 spiro atoms. The van der Waals surface area contributed by atoms with E-state index < -0.39 is 0 Å². The van der Waals surface area contributed by atoms with Crippen LogP contribution in [-0.4, -0.2) is 65.6 Å². The molecule has 1 aromatic carbocycles. The first-order valence-corrected chi connectivity index (χ1v) is 10.8. The van der Waals surface area contributed by atoms with Gasteiger partial charge in [0.15, 0.2) is 0 Å². The number of rotatable bonds is 4. The molecule has 6 nitrogen and oxygen atoms in total. The van der Waals surface area contributed by atoms with Gasteiger partial charge in [0.25, 0.3) is 5.91 Å². The number of nitrogens with zero attached hydrogens (tertiary/aromatic N) is 3. The maximum Gasteiger partial charge on any atom is 0.256 e. The van der Waals surface area contributed by atoms with Crippen LogP contribution in [0, 0.1) is 11.8 Å². The Labute approximate surface area is 171 Å². The molecule has 3 atom stereocenters. The summed E-state index contributed by atoms with van der Waals surface area (Å²) in [6, 6.07) is 8.44. The van der Waals surface area contributed by atoms with Crippen LogP contribution >= 0.6 is 0 Å². The van der Waals surface area contributed by atoms with Crippen LogP contribution in [0.25, 0.3) is 10.9 Å². The van der Waals surface area contributed by atoms with Crippen molar-refractivity contribution < 1.29 is 14.3 Å². The topological polar surface area (TPSA) is 54.8 Å². The third-order valence-electron chi connectivity index (χ3n) is 7.02. The Morgan fingerprint density at radius 3 is 2.93 bits per heavy atom. The van der Waals surface area contributed by atoms with Crippen molar-refractivity contribution in [3.05, 3.63) is 36.0 Å². The number of piperidine rings is 3. The number of benzene rings is 1. The Kier molecular flexibility index (Phi) is 4.82. The van der Waals surface area contributed by atoms with Crippen molar-refractivity contribution in [2.75, 3.05) is 33.4 Å². The van der Waals surface area contributed by atoms with E-state index in [0.717, 1.165) is 61.9 Å². The molecule has 154 valence electrons. The lowest BCUT2D eigenvalue weighted by Gasteiger charge is -2.52. The summed E-state index contributed by atoms with van der Waals surface area (Å²) in [6.07, 6.45) is 5.91. The SMILES string of the molecule is COCCn1cc(C(=O)N2C[C@H]3C[C@@H](C2)C2CCCC(=O)N2C3)c2ccccc21. The fourth-order valence-corrected chi connectivity index (χ4v) is 5.74. The Balaban J connectivity index is 1.41. The van der Waals surface area contributed by atoms with Crippen molar-refractivity contribution in [3.63, 3.8) is 0 Å². The molecular formula is C23H29N3O3. The number of likely N-dealkylation sites (tertiary alicyclic amines) is 1. The van der Waals surface area contributed by atoms with Crippen LogP contribution in [0.3, 0.4) is 0 Å². The van der Waals surface area contributed by atoms with Crippen LogP contribution < -0.4 is 0 Å². The highest BCUT2D eigenvalue weighted by molar-refractivity contribution is 6.07.